The molecule has 0 aliphatic heterocycles. The van der Waals surface area contributed by atoms with Crippen LogP contribution >= 0.6 is 0 Å². The van der Waals surface area contributed by atoms with E-state index in [9.17, 15) is 0 Å². The van der Waals surface area contributed by atoms with Crippen molar-refractivity contribution in [1.82, 2.24) is 4.98 Å². The Labute approximate surface area is 128 Å². The quantitative estimate of drug-likeness (QED) is 0.565. The van der Waals surface area contributed by atoms with Gasteiger partial charge in [-0.25, -0.2) is 0 Å². The van der Waals surface area contributed by atoms with Crippen LogP contribution in [-0.2, 0) is 0 Å². The zero-order valence-corrected chi connectivity index (χ0v) is 13.4. The molecule has 3 N–H and O–H groups in total. The predicted molar refractivity (Wildman–Crippen MR) is 92.6 cm³/mol. The molecule has 114 valence electrons. The second-order valence-electron chi connectivity index (χ2n) is 6.58. The number of hydrogen-bond donors (Lipinski definition) is 2. The molecule has 21 heavy (non-hydrogen) atoms. The first kappa shape index (κ1) is 15.6. The van der Waals surface area contributed by atoms with Crippen LogP contribution in [-0.4, -0.2) is 11.5 Å². The molecule has 1 heterocycles. The van der Waals surface area contributed by atoms with Gasteiger partial charge in [0, 0.05) is 23.8 Å². The molecule has 0 atom stereocenters. The molecule has 2 aromatic rings. The molecule has 0 aliphatic rings. The fourth-order valence-electron chi connectivity index (χ4n) is 2.63. The van der Waals surface area contributed by atoms with Crippen LogP contribution in [0.1, 0.15) is 46.5 Å². The summed E-state index contributed by atoms with van der Waals surface area (Å²) >= 11 is 0. The van der Waals surface area contributed by atoms with Gasteiger partial charge in [0.05, 0.1) is 11.2 Å². The normalized spacial score (nSPS) is 11.8. The number of hydrogen-bond acceptors (Lipinski definition) is 3. The number of benzene rings is 1. The van der Waals surface area contributed by atoms with Gasteiger partial charge in [-0.1, -0.05) is 40.0 Å². The van der Waals surface area contributed by atoms with Gasteiger partial charge in [0.2, 0.25) is 0 Å². The molecule has 2 rings (SSSR count). The lowest BCUT2D eigenvalue weighted by atomic mass is 9.86. The van der Waals surface area contributed by atoms with Gasteiger partial charge >= 0.3 is 0 Å². The maximum absolute atomic E-state index is 6.00. The Bertz CT molecular complexity index is 590. The van der Waals surface area contributed by atoms with Crippen molar-refractivity contribution < 1.29 is 0 Å². The molecule has 0 unspecified atom stereocenters. The van der Waals surface area contributed by atoms with E-state index in [2.05, 4.69) is 43.2 Å². The minimum atomic E-state index is 0.297. The van der Waals surface area contributed by atoms with E-state index in [0.717, 1.165) is 28.8 Å². The average molecular weight is 285 g/mol. The maximum atomic E-state index is 6.00. The fraction of sp³-hybridized carbons (Fsp3) is 0.500. The van der Waals surface area contributed by atoms with Crippen molar-refractivity contribution in [3.8, 4) is 0 Å². The first-order chi connectivity index (χ1) is 10.0. The van der Waals surface area contributed by atoms with E-state index in [1.54, 1.807) is 6.20 Å². The van der Waals surface area contributed by atoms with Gasteiger partial charge in [0.15, 0.2) is 0 Å². The highest BCUT2D eigenvalue weighted by Gasteiger charge is 2.17. The van der Waals surface area contributed by atoms with E-state index < -0.39 is 0 Å². The maximum Gasteiger partial charge on any atom is 0.0951 e. The molecule has 0 spiro atoms. The van der Waals surface area contributed by atoms with Gasteiger partial charge in [-0.15, -0.1) is 0 Å². The van der Waals surface area contributed by atoms with Crippen LogP contribution in [0.2, 0.25) is 0 Å². The Morgan fingerprint density at radius 2 is 2.00 bits per heavy atom. The molecule has 0 bridgehead atoms. The lowest BCUT2D eigenvalue weighted by Crippen LogP contribution is -2.23. The van der Waals surface area contributed by atoms with Crippen molar-refractivity contribution in [2.75, 3.05) is 17.6 Å². The highest BCUT2D eigenvalue weighted by molar-refractivity contribution is 5.98. The zero-order valence-electron chi connectivity index (χ0n) is 13.4. The number of aromatic nitrogens is 1. The Morgan fingerprint density at radius 1 is 1.19 bits per heavy atom. The second-order valence-corrected chi connectivity index (χ2v) is 6.58. The van der Waals surface area contributed by atoms with Crippen LogP contribution in [0.3, 0.4) is 0 Å². The van der Waals surface area contributed by atoms with Crippen molar-refractivity contribution >= 4 is 22.3 Å². The minimum absolute atomic E-state index is 0.297. The van der Waals surface area contributed by atoms with E-state index in [1.165, 1.54) is 25.7 Å². The number of unbranched alkanes of at least 4 members (excludes halogenated alkanes) is 2. The Kier molecular flexibility index (Phi) is 5.05. The third-order valence-electron chi connectivity index (χ3n) is 4.02. The van der Waals surface area contributed by atoms with Gasteiger partial charge < -0.3 is 11.1 Å². The summed E-state index contributed by atoms with van der Waals surface area (Å²) in [6.07, 6.45) is 6.93. The van der Waals surface area contributed by atoms with E-state index in [-0.39, 0.29) is 0 Å². The van der Waals surface area contributed by atoms with Gasteiger partial charge in [-0.05, 0) is 36.1 Å². The van der Waals surface area contributed by atoms with Gasteiger partial charge in [0.1, 0.15) is 0 Å². The summed E-state index contributed by atoms with van der Waals surface area (Å²) in [6.45, 7) is 7.87. The number of fused-ring (bicyclic) bond motifs is 1. The number of pyridine rings is 1. The molecular formula is C18H27N3. The smallest absolute Gasteiger partial charge is 0.0951 e. The molecule has 0 radical (unpaired) electrons. The van der Waals surface area contributed by atoms with Gasteiger partial charge in [-0.2, -0.15) is 0 Å². The van der Waals surface area contributed by atoms with E-state index in [4.69, 9.17) is 5.73 Å². The summed E-state index contributed by atoms with van der Waals surface area (Å²) < 4.78 is 0. The van der Waals surface area contributed by atoms with E-state index in [0.29, 0.717) is 5.41 Å². The molecule has 3 heteroatoms. The SMILES string of the molecule is CCCCCC(C)(C)CNc1ccc(N)c2ncccc12. The summed E-state index contributed by atoms with van der Waals surface area (Å²) in [4.78, 5) is 4.38. The molecule has 1 aromatic heterocycles. The minimum Gasteiger partial charge on any atom is -0.397 e. The number of nitrogens with zero attached hydrogens (tertiary/aromatic N) is 1. The largest absolute Gasteiger partial charge is 0.397 e. The number of nitrogen functional groups attached to an aromatic ring is 1. The number of anilines is 2. The van der Waals surface area contributed by atoms with Crippen molar-refractivity contribution in [3.63, 3.8) is 0 Å². The second kappa shape index (κ2) is 6.79. The fourth-order valence-corrected chi connectivity index (χ4v) is 2.63. The molecule has 0 fully saturated rings. The van der Waals surface area contributed by atoms with Crippen LogP contribution in [0.4, 0.5) is 11.4 Å². The first-order valence-electron chi connectivity index (χ1n) is 7.90. The molecular weight excluding hydrogens is 258 g/mol. The molecule has 1 aromatic carbocycles. The van der Waals surface area contributed by atoms with Gasteiger partial charge in [-0.3, -0.25) is 4.98 Å². The molecule has 0 amide bonds. The van der Waals surface area contributed by atoms with Crippen molar-refractivity contribution in [2.45, 2.75) is 46.5 Å². The third kappa shape index (κ3) is 4.10. The summed E-state index contributed by atoms with van der Waals surface area (Å²) in [7, 11) is 0. The molecule has 3 nitrogen and oxygen atoms in total. The monoisotopic (exact) mass is 285 g/mol. The van der Waals surface area contributed by atoms with Crippen molar-refractivity contribution in [2.24, 2.45) is 5.41 Å². The van der Waals surface area contributed by atoms with Crippen LogP contribution in [0.15, 0.2) is 30.5 Å². The summed E-state index contributed by atoms with van der Waals surface area (Å²) in [5, 5.41) is 4.69. The Balaban J connectivity index is 2.08. The predicted octanol–water partition coefficient (Wildman–Crippen LogP) is 4.84. The van der Waals surface area contributed by atoms with Crippen LogP contribution in [0, 0.1) is 5.41 Å². The summed E-state index contributed by atoms with van der Waals surface area (Å²) in [5.74, 6) is 0. The average Bonchev–Trinajstić information content (AvgIpc) is 2.47. The standard InChI is InChI=1S/C18H27N3/c1-4-5-6-11-18(2,3)13-21-16-10-9-15(19)17-14(16)8-7-12-20-17/h7-10,12,21H,4-6,11,13,19H2,1-3H3. The number of nitrogens with one attached hydrogen (secondary N) is 1. The lowest BCUT2D eigenvalue weighted by molar-refractivity contribution is 0.342. The summed E-state index contributed by atoms with van der Waals surface area (Å²) in [6, 6.07) is 8.02. The Morgan fingerprint density at radius 3 is 2.76 bits per heavy atom. The van der Waals surface area contributed by atoms with Crippen molar-refractivity contribution in [3.05, 3.63) is 30.5 Å². The van der Waals surface area contributed by atoms with Crippen LogP contribution in [0.25, 0.3) is 10.9 Å². The molecule has 0 saturated carbocycles. The van der Waals surface area contributed by atoms with Gasteiger partial charge in [0.25, 0.3) is 0 Å². The van der Waals surface area contributed by atoms with Crippen LogP contribution < -0.4 is 11.1 Å². The highest BCUT2D eigenvalue weighted by atomic mass is 14.9. The first-order valence-corrected chi connectivity index (χ1v) is 7.90. The number of nitrogens with two attached hydrogens (primary N) is 1. The highest BCUT2D eigenvalue weighted by Crippen LogP contribution is 2.29. The summed E-state index contributed by atoms with van der Waals surface area (Å²) in [5.41, 5.74) is 9.03. The van der Waals surface area contributed by atoms with E-state index >= 15 is 0 Å². The molecule has 0 aliphatic carbocycles. The lowest BCUT2D eigenvalue weighted by Gasteiger charge is -2.26. The zero-order chi connectivity index (χ0) is 15.3. The van der Waals surface area contributed by atoms with Crippen LogP contribution in [0.5, 0.6) is 0 Å². The van der Waals surface area contributed by atoms with E-state index in [1.807, 2.05) is 12.1 Å². The number of rotatable bonds is 7. The Hall–Kier alpha value is -1.77. The van der Waals surface area contributed by atoms with Crippen molar-refractivity contribution in [1.29, 1.82) is 0 Å². The topological polar surface area (TPSA) is 50.9 Å². The molecule has 0 saturated heterocycles. The third-order valence-corrected chi connectivity index (χ3v) is 4.02.